The van der Waals surface area contributed by atoms with Gasteiger partial charge in [0.15, 0.2) is 0 Å². The number of nitrogens with one attached hydrogen (secondary N) is 1. The topological polar surface area (TPSA) is 52.6 Å². The van der Waals surface area contributed by atoms with Gasteiger partial charge < -0.3 is 5.32 Å². The molecule has 0 aliphatic rings. The largest absolute Gasteiger partial charge is 0.345 e. The van der Waals surface area contributed by atoms with Gasteiger partial charge in [-0.15, -0.1) is 0 Å². The van der Waals surface area contributed by atoms with Gasteiger partial charge in [0.2, 0.25) is 0 Å². The van der Waals surface area contributed by atoms with Crippen molar-refractivity contribution in [2.75, 3.05) is 5.32 Å². The second kappa shape index (κ2) is 4.75. The van der Waals surface area contributed by atoms with Gasteiger partial charge in [-0.3, -0.25) is 5.21 Å². The van der Waals surface area contributed by atoms with Crippen molar-refractivity contribution in [1.29, 1.82) is 0 Å². The molecule has 0 aliphatic carbocycles. The van der Waals surface area contributed by atoms with E-state index in [9.17, 15) is 14.4 Å². The average molecular weight is 212 g/mol. The lowest BCUT2D eigenvalue weighted by molar-refractivity contribution is -0.0622. The van der Waals surface area contributed by atoms with Gasteiger partial charge in [-0.25, -0.2) is 14.2 Å². The maximum Gasteiger partial charge on any atom is 0.345 e. The minimum atomic E-state index is -0.642. The van der Waals surface area contributed by atoms with Gasteiger partial charge in [0.05, 0.1) is 6.04 Å². The molecule has 0 unspecified atom stereocenters. The van der Waals surface area contributed by atoms with Crippen molar-refractivity contribution in [3.05, 3.63) is 30.1 Å². The summed E-state index contributed by atoms with van der Waals surface area (Å²) in [6, 6.07) is 4.34. The van der Waals surface area contributed by atoms with E-state index in [0.717, 1.165) is 0 Å². The molecule has 2 amide bonds. The molecule has 0 fully saturated rings. The number of benzene rings is 1. The van der Waals surface area contributed by atoms with Crippen molar-refractivity contribution in [2.24, 2.45) is 0 Å². The van der Waals surface area contributed by atoms with Crippen molar-refractivity contribution < 1.29 is 14.4 Å². The van der Waals surface area contributed by atoms with Crippen LogP contribution in [0.3, 0.4) is 0 Å². The second-order valence-electron chi connectivity index (χ2n) is 3.38. The molecule has 0 saturated heterocycles. The first-order valence-electron chi connectivity index (χ1n) is 4.55. The molecule has 1 rings (SSSR count). The molecular weight excluding hydrogens is 199 g/mol. The number of carbonyl (C=O) groups excluding carboxylic acids is 1. The Labute approximate surface area is 87.3 Å². The molecule has 1 aromatic carbocycles. The van der Waals surface area contributed by atoms with Crippen LogP contribution in [-0.4, -0.2) is 22.3 Å². The Morgan fingerprint density at radius 1 is 1.40 bits per heavy atom. The fraction of sp³-hybridized carbons (Fsp3) is 0.300. The number of nitrogens with zero attached hydrogens (tertiary/aromatic N) is 1. The van der Waals surface area contributed by atoms with Crippen LogP contribution in [0, 0.1) is 5.82 Å². The van der Waals surface area contributed by atoms with E-state index in [1.165, 1.54) is 24.3 Å². The predicted molar refractivity (Wildman–Crippen MR) is 54.2 cm³/mol. The molecule has 1 aromatic rings. The van der Waals surface area contributed by atoms with Crippen LogP contribution >= 0.6 is 0 Å². The summed E-state index contributed by atoms with van der Waals surface area (Å²) < 4.78 is 12.5. The lowest BCUT2D eigenvalue weighted by atomic mass is 10.3. The van der Waals surface area contributed by atoms with Gasteiger partial charge in [-0.1, -0.05) is 0 Å². The number of amides is 2. The summed E-state index contributed by atoms with van der Waals surface area (Å²) in [6.45, 7) is 3.34. The minimum absolute atomic E-state index is 0.314. The van der Waals surface area contributed by atoms with Gasteiger partial charge in [0.25, 0.3) is 0 Å². The number of hydrogen-bond acceptors (Lipinski definition) is 2. The van der Waals surface area contributed by atoms with Gasteiger partial charge in [-0.2, -0.15) is 0 Å². The van der Waals surface area contributed by atoms with E-state index in [2.05, 4.69) is 5.32 Å². The Bertz CT molecular complexity index is 338. The minimum Gasteiger partial charge on any atom is -0.306 e. The van der Waals surface area contributed by atoms with Crippen molar-refractivity contribution in [3.8, 4) is 0 Å². The van der Waals surface area contributed by atoms with Gasteiger partial charge in [0.1, 0.15) is 5.82 Å². The number of rotatable bonds is 2. The summed E-state index contributed by atoms with van der Waals surface area (Å²) in [7, 11) is 0. The third kappa shape index (κ3) is 3.21. The third-order valence-corrected chi connectivity index (χ3v) is 1.79. The SMILES string of the molecule is CC(C)N(O)C(=O)Nc1ccc(F)cc1. The number of halogens is 1. The zero-order valence-corrected chi connectivity index (χ0v) is 8.57. The Morgan fingerprint density at radius 2 is 1.93 bits per heavy atom. The first kappa shape index (κ1) is 11.5. The molecule has 2 N–H and O–H groups in total. The van der Waals surface area contributed by atoms with Crippen molar-refractivity contribution in [1.82, 2.24) is 5.06 Å². The molecule has 0 aliphatic heterocycles. The van der Waals surface area contributed by atoms with Crippen LogP contribution in [0.1, 0.15) is 13.8 Å². The Balaban J connectivity index is 2.62. The molecule has 0 heterocycles. The molecule has 0 aromatic heterocycles. The van der Waals surface area contributed by atoms with E-state index in [4.69, 9.17) is 0 Å². The quantitative estimate of drug-likeness (QED) is 0.584. The second-order valence-corrected chi connectivity index (χ2v) is 3.38. The third-order valence-electron chi connectivity index (χ3n) is 1.79. The van der Waals surface area contributed by atoms with E-state index in [1.807, 2.05) is 0 Å². The highest BCUT2D eigenvalue weighted by Crippen LogP contribution is 2.09. The van der Waals surface area contributed by atoms with Crippen LogP contribution in [0.4, 0.5) is 14.9 Å². The molecule has 0 atom stereocenters. The molecule has 5 heteroatoms. The van der Waals surface area contributed by atoms with Crippen molar-refractivity contribution >= 4 is 11.7 Å². The predicted octanol–water partition coefficient (Wildman–Crippen LogP) is 2.46. The number of anilines is 1. The number of urea groups is 1. The first-order valence-corrected chi connectivity index (χ1v) is 4.55. The van der Waals surface area contributed by atoms with E-state index >= 15 is 0 Å². The highest BCUT2D eigenvalue weighted by atomic mass is 19.1. The van der Waals surface area contributed by atoms with Crippen LogP contribution < -0.4 is 5.32 Å². The zero-order chi connectivity index (χ0) is 11.4. The molecule has 82 valence electrons. The maximum atomic E-state index is 12.5. The lowest BCUT2D eigenvalue weighted by Gasteiger charge is -2.19. The summed E-state index contributed by atoms with van der Waals surface area (Å²) in [6.07, 6.45) is 0. The molecule has 4 nitrogen and oxygen atoms in total. The van der Waals surface area contributed by atoms with E-state index in [0.29, 0.717) is 10.8 Å². The van der Waals surface area contributed by atoms with Crippen LogP contribution in [0.5, 0.6) is 0 Å². The summed E-state index contributed by atoms with van der Waals surface area (Å²) in [5.41, 5.74) is 0.432. The van der Waals surface area contributed by atoms with E-state index in [1.54, 1.807) is 13.8 Å². The fourth-order valence-electron chi connectivity index (χ4n) is 0.948. The highest BCUT2D eigenvalue weighted by molar-refractivity contribution is 5.88. The maximum absolute atomic E-state index is 12.5. The number of hydroxylamine groups is 2. The van der Waals surface area contributed by atoms with Crippen LogP contribution in [0.2, 0.25) is 0 Å². The molecule has 0 spiro atoms. The zero-order valence-electron chi connectivity index (χ0n) is 8.57. The van der Waals surface area contributed by atoms with Crippen molar-refractivity contribution in [3.63, 3.8) is 0 Å². The number of carbonyl (C=O) groups is 1. The summed E-state index contributed by atoms with van der Waals surface area (Å²) >= 11 is 0. The molecule has 15 heavy (non-hydrogen) atoms. The summed E-state index contributed by atoms with van der Waals surface area (Å²) in [4.78, 5) is 11.3. The van der Waals surface area contributed by atoms with Crippen LogP contribution in [-0.2, 0) is 0 Å². The van der Waals surface area contributed by atoms with Gasteiger partial charge in [-0.05, 0) is 38.1 Å². The van der Waals surface area contributed by atoms with Crippen LogP contribution in [0.25, 0.3) is 0 Å². The summed E-state index contributed by atoms with van der Waals surface area (Å²) in [5.74, 6) is -0.377. The number of hydrogen-bond donors (Lipinski definition) is 2. The lowest BCUT2D eigenvalue weighted by Crippen LogP contribution is -2.37. The summed E-state index contributed by atoms with van der Waals surface area (Å²) in [5, 5.41) is 12.3. The molecule has 0 saturated carbocycles. The van der Waals surface area contributed by atoms with E-state index in [-0.39, 0.29) is 11.9 Å². The Hall–Kier alpha value is -1.62. The molecule has 0 radical (unpaired) electrons. The van der Waals surface area contributed by atoms with Gasteiger partial charge >= 0.3 is 6.03 Å². The fourth-order valence-corrected chi connectivity index (χ4v) is 0.948. The first-order chi connectivity index (χ1) is 7.00. The molecule has 0 bridgehead atoms. The van der Waals surface area contributed by atoms with Crippen molar-refractivity contribution in [2.45, 2.75) is 19.9 Å². The van der Waals surface area contributed by atoms with Crippen LogP contribution in [0.15, 0.2) is 24.3 Å². The van der Waals surface area contributed by atoms with Gasteiger partial charge in [0, 0.05) is 5.69 Å². The Morgan fingerprint density at radius 3 is 2.40 bits per heavy atom. The smallest absolute Gasteiger partial charge is 0.306 e. The van der Waals surface area contributed by atoms with E-state index < -0.39 is 6.03 Å². The molecular formula is C10H13FN2O2. The average Bonchev–Trinajstić information content (AvgIpc) is 2.20. The highest BCUT2D eigenvalue weighted by Gasteiger charge is 2.13. The monoisotopic (exact) mass is 212 g/mol. The Kier molecular flexibility index (Phi) is 3.62. The standard InChI is InChI=1S/C10H13FN2O2/c1-7(2)13(15)10(14)12-9-5-3-8(11)4-6-9/h3-7,15H,1-2H3,(H,12,14). The normalized spacial score (nSPS) is 10.2.